The lowest BCUT2D eigenvalue weighted by Gasteiger charge is -2.31. The van der Waals surface area contributed by atoms with Crippen LogP contribution in [-0.2, 0) is 22.6 Å². The fourth-order valence-electron chi connectivity index (χ4n) is 3.14. The van der Waals surface area contributed by atoms with Crippen molar-refractivity contribution in [1.82, 2.24) is 20.4 Å². The highest BCUT2D eigenvalue weighted by atomic mass is 16.5. The highest BCUT2D eigenvalue weighted by molar-refractivity contribution is 5.81. The number of methoxy groups -OCH3 is 1. The summed E-state index contributed by atoms with van der Waals surface area (Å²) in [6.07, 6.45) is 1.67. The maximum absolute atomic E-state index is 12.5. The molecule has 0 bridgehead atoms. The van der Waals surface area contributed by atoms with Gasteiger partial charge < -0.3 is 19.5 Å². The molecule has 2 amide bonds. The third kappa shape index (κ3) is 5.06. The van der Waals surface area contributed by atoms with Crippen LogP contribution in [0.5, 0.6) is 5.75 Å². The molecule has 2 heterocycles. The summed E-state index contributed by atoms with van der Waals surface area (Å²) >= 11 is 0. The van der Waals surface area contributed by atoms with Crippen LogP contribution >= 0.6 is 0 Å². The third-order valence-corrected chi connectivity index (χ3v) is 4.72. The Morgan fingerprint density at radius 3 is 2.56 bits per heavy atom. The molecule has 1 aromatic heterocycles. The molecule has 0 saturated carbocycles. The van der Waals surface area contributed by atoms with E-state index in [1.54, 1.807) is 14.0 Å². The van der Waals surface area contributed by atoms with Crippen LogP contribution in [-0.4, -0.2) is 47.1 Å². The van der Waals surface area contributed by atoms with Gasteiger partial charge in [-0.15, -0.1) is 0 Å². The second kappa shape index (κ2) is 8.66. The average Bonchev–Trinajstić information content (AvgIpc) is 3.12. The van der Waals surface area contributed by atoms with Gasteiger partial charge in [0.05, 0.1) is 20.1 Å². The zero-order valence-electron chi connectivity index (χ0n) is 15.6. The number of rotatable bonds is 6. The Bertz CT molecular complexity index is 779. The normalized spacial score (nSPS) is 14.8. The monoisotopic (exact) mass is 372 g/mol. The van der Waals surface area contributed by atoms with Gasteiger partial charge in [-0.25, -0.2) is 0 Å². The molecule has 0 aliphatic carbocycles. The smallest absolute Gasteiger partial charge is 0.246 e. The van der Waals surface area contributed by atoms with Gasteiger partial charge in [0, 0.05) is 19.0 Å². The Labute approximate surface area is 157 Å². The quantitative estimate of drug-likeness (QED) is 0.825. The number of nitrogens with zero attached hydrogens (tertiary/aromatic N) is 3. The van der Waals surface area contributed by atoms with Crippen molar-refractivity contribution in [3.05, 3.63) is 41.5 Å². The zero-order chi connectivity index (χ0) is 19.2. The van der Waals surface area contributed by atoms with Gasteiger partial charge in [0.15, 0.2) is 5.82 Å². The van der Waals surface area contributed by atoms with Crippen molar-refractivity contribution < 1.29 is 18.8 Å². The van der Waals surface area contributed by atoms with Gasteiger partial charge in [-0.1, -0.05) is 17.3 Å². The molecule has 1 saturated heterocycles. The molecule has 0 spiro atoms. The molecule has 2 aromatic rings. The molecule has 144 valence electrons. The molecular formula is C19H24N4O4. The number of aromatic nitrogens is 2. The SMILES string of the molecule is COc1ccc(CC(=O)N2CCC(C(=O)NCc3nc(C)no3)CC2)cc1. The van der Waals surface area contributed by atoms with Crippen LogP contribution in [0.2, 0.25) is 0 Å². The summed E-state index contributed by atoms with van der Waals surface area (Å²) in [5.74, 6) is 1.66. The van der Waals surface area contributed by atoms with Crippen molar-refractivity contribution in [2.24, 2.45) is 5.92 Å². The zero-order valence-corrected chi connectivity index (χ0v) is 15.6. The fraction of sp³-hybridized carbons (Fsp3) is 0.474. The number of carbonyl (C=O) groups excluding carboxylic acids is 2. The number of piperidine rings is 1. The van der Waals surface area contributed by atoms with E-state index in [-0.39, 0.29) is 24.3 Å². The minimum absolute atomic E-state index is 0.0342. The first-order chi connectivity index (χ1) is 13.0. The van der Waals surface area contributed by atoms with Gasteiger partial charge in [0.25, 0.3) is 0 Å². The van der Waals surface area contributed by atoms with E-state index in [0.717, 1.165) is 11.3 Å². The Balaban J connectivity index is 1.43. The topological polar surface area (TPSA) is 97.6 Å². The molecule has 0 unspecified atom stereocenters. The van der Waals surface area contributed by atoms with Crippen molar-refractivity contribution in [2.75, 3.05) is 20.2 Å². The molecule has 1 N–H and O–H groups in total. The number of nitrogens with one attached hydrogen (secondary N) is 1. The molecule has 1 aliphatic rings. The molecule has 27 heavy (non-hydrogen) atoms. The van der Waals surface area contributed by atoms with E-state index in [1.165, 1.54) is 0 Å². The van der Waals surface area contributed by atoms with Gasteiger partial charge in [0.1, 0.15) is 5.75 Å². The second-order valence-electron chi connectivity index (χ2n) is 6.63. The van der Waals surface area contributed by atoms with Crippen molar-refractivity contribution in [2.45, 2.75) is 32.7 Å². The van der Waals surface area contributed by atoms with E-state index < -0.39 is 0 Å². The van der Waals surface area contributed by atoms with Crippen LogP contribution < -0.4 is 10.1 Å². The van der Waals surface area contributed by atoms with Gasteiger partial charge >= 0.3 is 0 Å². The lowest BCUT2D eigenvalue weighted by Crippen LogP contribution is -2.43. The number of benzene rings is 1. The predicted molar refractivity (Wildman–Crippen MR) is 96.9 cm³/mol. The van der Waals surface area contributed by atoms with Gasteiger partial charge in [-0.3, -0.25) is 9.59 Å². The highest BCUT2D eigenvalue weighted by Gasteiger charge is 2.27. The van der Waals surface area contributed by atoms with Crippen LogP contribution in [0.3, 0.4) is 0 Å². The summed E-state index contributed by atoms with van der Waals surface area (Å²) in [5.41, 5.74) is 0.954. The molecular weight excluding hydrogens is 348 g/mol. The molecule has 3 rings (SSSR count). The van der Waals surface area contributed by atoms with Crippen molar-refractivity contribution in [3.8, 4) is 5.75 Å². The van der Waals surface area contributed by atoms with Crippen LogP contribution in [0, 0.1) is 12.8 Å². The first-order valence-corrected chi connectivity index (χ1v) is 9.02. The van der Waals surface area contributed by atoms with Crippen LogP contribution in [0.25, 0.3) is 0 Å². The summed E-state index contributed by atoms with van der Waals surface area (Å²) in [4.78, 5) is 30.7. The Morgan fingerprint density at radius 1 is 1.26 bits per heavy atom. The van der Waals surface area contributed by atoms with Crippen molar-refractivity contribution >= 4 is 11.8 Å². The van der Waals surface area contributed by atoms with E-state index in [9.17, 15) is 9.59 Å². The molecule has 0 atom stereocenters. The average molecular weight is 372 g/mol. The molecule has 8 heteroatoms. The van der Waals surface area contributed by atoms with Gasteiger partial charge in [-0.05, 0) is 37.5 Å². The first-order valence-electron chi connectivity index (χ1n) is 9.02. The van der Waals surface area contributed by atoms with E-state index in [0.29, 0.717) is 44.1 Å². The predicted octanol–water partition coefficient (Wildman–Crippen LogP) is 1.48. The van der Waals surface area contributed by atoms with Gasteiger partial charge in [-0.2, -0.15) is 4.98 Å². The summed E-state index contributed by atoms with van der Waals surface area (Å²) < 4.78 is 10.1. The number of hydrogen-bond donors (Lipinski definition) is 1. The maximum atomic E-state index is 12.5. The second-order valence-corrected chi connectivity index (χ2v) is 6.63. The van der Waals surface area contributed by atoms with Crippen molar-refractivity contribution in [1.29, 1.82) is 0 Å². The Morgan fingerprint density at radius 2 is 1.96 bits per heavy atom. The lowest BCUT2D eigenvalue weighted by atomic mass is 9.95. The molecule has 1 aliphatic heterocycles. The largest absolute Gasteiger partial charge is 0.497 e. The lowest BCUT2D eigenvalue weighted by molar-refractivity contribution is -0.135. The molecule has 1 fully saturated rings. The van der Waals surface area contributed by atoms with Crippen LogP contribution in [0.15, 0.2) is 28.8 Å². The van der Waals surface area contributed by atoms with E-state index in [4.69, 9.17) is 9.26 Å². The minimum Gasteiger partial charge on any atom is -0.497 e. The summed E-state index contributed by atoms with van der Waals surface area (Å²) in [6.45, 7) is 3.14. The summed E-state index contributed by atoms with van der Waals surface area (Å²) in [5, 5.41) is 6.52. The molecule has 1 aromatic carbocycles. The maximum Gasteiger partial charge on any atom is 0.246 e. The number of aryl methyl sites for hydroxylation is 1. The number of carbonyl (C=O) groups is 2. The van der Waals surface area contributed by atoms with E-state index >= 15 is 0 Å². The fourth-order valence-corrected chi connectivity index (χ4v) is 3.14. The number of amides is 2. The summed E-state index contributed by atoms with van der Waals surface area (Å²) in [6, 6.07) is 7.50. The molecule has 8 nitrogen and oxygen atoms in total. The Hall–Kier alpha value is -2.90. The summed E-state index contributed by atoms with van der Waals surface area (Å²) in [7, 11) is 1.61. The van der Waals surface area contributed by atoms with Gasteiger partial charge in [0.2, 0.25) is 17.7 Å². The minimum atomic E-state index is -0.0981. The number of hydrogen-bond acceptors (Lipinski definition) is 6. The number of likely N-dealkylation sites (tertiary alicyclic amines) is 1. The van der Waals surface area contributed by atoms with Crippen molar-refractivity contribution in [3.63, 3.8) is 0 Å². The van der Waals surface area contributed by atoms with E-state index in [1.807, 2.05) is 29.2 Å². The highest BCUT2D eigenvalue weighted by Crippen LogP contribution is 2.19. The molecule has 0 radical (unpaired) electrons. The van der Waals surface area contributed by atoms with E-state index in [2.05, 4.69) is 15.5 Å². The third-order valence-electron chi connectivity index (χ3n) is 4.72. The Kier molecular flexibility index (Phi) is 6.05. The number of ether oxygens (including phenoxy) is 1. The standard InChI is InChI=1S/C19H24N4O4/c1-13-21-17(27-22-13)12-20-19(25)15-7-9-23(10-8-15)18(24)11-14-3-5-16(26-2)6-4-14/h3-6,15H,7-12H2,1-2H3,(H,20,25). The van der Waals surface area contributed by atoms with Crippen LogP contribution in [0.1, 0.15) is 30.1 Å². The van der Waals surface area contributed by atoms with Crippen LogP contribution in [0.4, 0.5) is 0 Å². The first kappa shape index (κ1) is 18.9.